The monoisotopic (exact) mass is 344 g/mol. The van der Waals surface area contributed by atoms with Crippen LogP contribution in [-0.2, 0) is 15.7 Å². The van der Waals surface area contributed by atoms with Crippen molar-refractivity contribution >= 4 is 16.9 Å². The minimum Gasteiger partial charge on any atom is -0.484 e. The molecule has 1 fully saturated rings. The lowest BCUT2D eigenvalue weighted by Gasteiger charge is -2.31. The Kier molecular flexibility index (Phi) is 4.35. The van der Waals surface area contributed by atoms with Crippen molar-refractivity contribution in [1.82, 2.24) is 10.1 Å². The summed E-state index contributed by atoms with van der Waals surface area (Å²) < 4.78 is 53.6. The van der Waals surface area contributed by atoms with E-state index in [1.807, 2.05) is 6.92 Å². The van der Waals surface area contributed by atoms with Gasteiger partial charge in [0, 0.05) is 19.2 Å². The van der Waals surface area contributed by atoms with Crippen LogP contribution >= 0.6 is 0 Å². The molecule has 1 amide bonds. The summed E-state index contributed by atoms with van der Waals surface area (Å²) in [5.41, 5.74) is -1.13. The lowest BCUT2D eigenvalue weighted by Crippen LogP contribution is -2.46. The number of rotatable bonds is 3. The number of hydrogen-bond acceptors (Lipinski definition) is 5. The molecule has 1 saturated heterocycles. The maximum Gasteiger partial charge on any atom is 0.437 e. The van der Waals surface area contributed by atoms with Gasteiger partial charge in [0.1, 0.15) is 5.75 Å². The third-order valence-electron chi connectivity index (χ3n) is 3.67. The van der Waals surface area contributed by atoms with Gasteiger partial charge in [0.15, 0.2) is 17.9 Å². The minimum atomic E-state index is -4.59. The number of fused-ring (bicyclic) bond motifs is 1. The average Bonchev–Trinajstić information content (AvgIpc) is 2.96. The molecule has 3 rings (SSSR count). The van der Waals surface area contributed by atoms with Gasteiger partial charge in [0.05, 0.1) is 18.1 Å². The van der Waals surface area contributed by atoms with E-state index >= 15 is 0 Å². The van der Waals surface area contributed by atoms with Crippen LogP contribution in [0.3, 0.4) is 0 Å². The van der Waals surface area contributed by atoms with Gasteiger partial charge in [-0.25, -0.2) is 0 Å². The largest absolute Gasteiger partial charge is 0.484 e. The molecule has 6 nitrogen and oxygen atoms in total. The first kappa shape index (κ1) is 16.6. The van der Waals surface area contributed by atoms with Crippen LogP contribution in [-0.4, -0.2) is 48.4 Å². The third kappa shape index (κ3) is 3.45. The molecule has 1 aliphatic heterocycles. The van der Waals surface area contributed by atoms with E-state index in [-0.39, 0.29) is 35.3 Å². The highest BCUT2D eigenvalue weighted by molar-refractivity contribution is 5.82. The maximum atomic E-state index is 12.7. The van der Waals surface area contributed by atoms with Gasteiger partial charge in [-0.1, -0.05) is 5.16 Å². The zero-order valence-corrected chi connectivity index (χ0v) is 12.8. The molecule has 1 aliphatic rings. The fourth-order valence-corrected chi connectivity index (χ4v) is 2.49. The van der Waals surface area contributed by atoms with Gasteiger partial charge in [-0.3, -0.25) is 4.79 Å². The molecule has 0 N–H and O–H groups in total. The number of aromatic nitrogens is 1. The van der Waals surface area contributed by atoms with Crippen molar-refractivity contribution in [2.24, 2.45) is 0 Å². The Morgan fingerprint density at radius 1 is 1.46 bits per heavy atom. The average molecular weight is 344 g/mol. The van der Waals surface area contributed by atoms with Crippen LogP contribution in [0.25, 0.3) is 11.0 Å². The summed E-state index contributed by atoms with van der Waals surface area (Å²) in [6.07, 6.45) is -4.62. The molecule has 1 aromatic carbocycles. The first-order valence-corrected chi connectivity index (χ1v) is 7.33. The number of morpholine rings is 1. The van der Waals surface area contributed by atoms with E-state index in [1.54, 1.807) is 4.90 Å². The van der Waals surface area contributed by atoms with Crippen molar-refractivity contribution in [3.63, 3.8) is 0 Å². The Balaban J connectivity index is 1.66. The van der Waals surface area contributed by atoms with E-state index in [9.17, 15) is 18.0 Å². The number of halogens is 3. The molecule has 24 heavy (non-hydrogen) atoms. The smallest absolute Gasteiger partial charge is 0.437 e. The SMILES string of the molecule is CC1CN(C(=O)COc2ccc3c(C(F)(F)F)noc3c2)CCO1. The fraction of sp³-hybridized carbons (Fsp3) is 0.467. The van der Waals surface area contributed by atoms with Gasteiger partial charge in [0.25, 0.3) is 5.91 Å². The third-order valence-corrected chi connectivity index (χ3v) is 3.67. The molecular formula is C15H15F3N2O4. The summed E-state index contributed by atoms with van der Waals surface area (Å²) in [5.74, 6) is 0.0285. The Bertz CT molecular complexity index is 744. The van der Waals surface area contributed by atoms with E-state index in [4.69, 9.17) is 14.0 Å². The van der Waals surface area contributed by atoms with E-state index < -0.39 is 11.9 Å². The molecule has 0 radical (unpaired) electrons. The zero-order chi connectivity index (χ0) is 17.3. The Morgan fingerprint density at radius 2 is 2.25 bits per heavy atom. The number of carbonyl (C=O) groups is 1. The van der Waals surface area contributed by atoms with E-state index in [1.165, 1.54) is 18.2 Å². The summed E-state index contributed by atoms with van der Waals surface area (Å²) >= 11 is 0. The number of carbonyl (C=O) groups excluding carboxylic acids is 1. The Hall–Kier alpha value is -2.29. The summed E-state index contributed by atoms with van der Waals surface area (Å²) in [6, 6.07) is 3.85. The van der Waals surface area contributed by atoms with Crippen molar-refractivity contribution < 1.29 is 32.0 Å². The van der Waals surface area contributed by atoms with Crippen molar-refractivity contribution in [1.29, 1.82) is 0 Å². The van der Waals surface area contributed by atoms with Crippen LogP contribution in [0.5, 0.6) is 5.75 Å². The maximum absolute atomic E-state index is 12.7. The van der Waals surface area contributed by atoms with Crippen molar-refractivity contribution in [3.05, 3.63) is 23.9 Å². The molecule has 9 heteroatoms. The first-order chi connectivity index (χ1) is 11.3. The molecule has 0 spiro atoms. The first-order valence-electron chi connectivity index (χ1n) is 7.33. The Labute approximate surface area is 135 Å². The zero-order valence-electron chi connectivity index (χ0n) is 12.8. The standard InChI is InChI=1S/C15H15F3N2O4/c1-9-7-20(4-5-22-9)13(21)8-23-10-2-3-11-12(6-10)24-19-14(11)15(16,17)18/h2-3,6,9H,4-5,7-8H2,1H3. The van der Waals surface area contributed by atoms with Crippen molar-refractivity contribution in [3.8, 4) is 5.75 Å². The van der Waals surface area contributed by atoms with Crippen LogP contribution < -0.4 is 4.74 Å². The number of amides is 1. The van der Waals surface area contributed by atoms with Crippen molar-refractivity contribution in [2.75, 3.05) is 26.3 Å². The molecule has 130 valence electrons. The van der Waals surface area contributed by atoms with Crippen LogP contribution in [0.1, 0.15) is 12.6 Å². The normalized spacial score (nSPS) is 18.8. The lowest BCUT2D eigenvalue weighted by atomic mass is 10.2. The highest BCUT2D eigenvalue weighted by atomic mass is 19.4. The molecule has 1 aromatic heterocycles. The van der Waals surface area contributed by atoms with Crippen LogP contribution in [0.15, 0.2) is 22.7 Å². The summed E-state index contributed by atoms with van der Waals surface area (Å²) in [4.78, 5) is 13.7. The van der Waals surface area contributed by atoms with Gasteiger partial charge < -0.3 is 18.9 Å². The highest BCUT2D eigenvalue weighted by Crippen LogP contribution is 2.35. The van der Waals surface area contributed by atoms with E-state index in [0.717, 1.165) is 0 Å². The van der Waals surface area contributed by atoms with Gasteiger partial charge in [-0.05, 0) is 19.1 Å². The van der Waals surface area contributed by atoms with Crippen LogP contribution in [0, 0.1) is 0 Å². The van der Waals surface area contributed by atoms with Gasteiger partial charge in [-0.15, -0.1) is 0 Å². The molecule has 0 saturated carbocycles. The number of ether oxygens (including phenoxy) is 2. The lowest BCUT2D eigenvalue weighted by molar-refractivity contribution is -0.141. The fourth-order valence-electron chi connectivity index (χ4n) is 2.49. The summed E-state index contributed by atoms with van der Waals surface area (Å²) in [6.45, 7) is 3.10. The van der Waals surface area contributed by atoms with Crippen LogP contribution in [0.4, 0.5) is 13.2 Å². The number of hydrogen-bond donors (Lipinski definition) is 0. The molecular weight excluding hydrogens is 329 g/mol. The Morgan fingerprint density at radius 3 is 2.96 bits per heavy atom. The van der Waals surface area contributed by atoms with E-state index in [0.29, 0.717) is 19.7 Å². The molecule has 2 heterocycles. The highest BCUT2D eigenvalue weighted by Gasteiger charge is 2.37. The topological polar surface area (TPSA) is 64.8 Å². The second-order valence-corrected chi connectivity index (χ2v) is 5.50. The van der Waals surface area contributed by atoms with Crippen molar-refractivity contribution in [2.45, 2.75) is 19.2 Å². The molecule has 2 aromatic rings. The predicted octanol–water partition coefficient (Wildman–Crippen LogP) is 2.47. The number of benzene rings is 1. The number of nitrogens with zero attached hydrogens (tertiary/aromatic N) is 2. The summed E-state index contributed by atoms with van der Waals surface area (Å²) in [7, 11) is 0. The van der Waals surface area contributed by atoms with E-state index in [2.05, 4.69) is 5.16 Å². The van der Waals surface area contributed by atoms with Gasteiger partial charge in [-0.2, -0.15) is 13.2 Å². The van der Waals surface area contributed by atoms with Crippen LogP contribution in [0.2, 0.25) is 0 Å². The minimum absolute atomic E-state index is 0.0333. The predicted molar refractivity (Wildman–Crippen MR) is 76.5 cm³/mol. The molecule has 1 unspecified atom stereocenters. The quantitative estimate of drug-likeness (QED) is 0.856. The second kappa shape index (κ2) is 6.31. The molecule has 0 aliphatic carbocycles. The van der Waals surface area contributed by atoms with Gasteiger partial charge >= 0.3 is 6.18 Å². The van der Waals surface area contributed by atoms with Gasteiger partial charge in [0.2, 0.25) is 0 Å². The molecule has 0 bridgehead atoms. The summed E-state index contributed by atoms with van der Waals surface area (Å²) in [5, 5.41) is 2.89. The number of alkyl halides is 3. The second-order valence-electron chi connectivity index (χ2n) is 5.50. The molecule has 1 atom stereocenters.